The van der Waals surface area contributed by atoms with Gasteiger partial charge in [0.05, 0.1) is 35.9 Å². The van der Waals surface area contributed by atoms with Crippen LogP contribution in [0.25, 0.3) is 0 Å². The predicted octanol–water partition coefficient (Wildman–Crippen LogP) is 5.09. The number of halogens is 1. The number of aromatic amines is 1. The molecular formula is C32H26ClN3O8S2. The average Bonchev–Trinajstić information content (AvgIpc) is 3.54. The lowest BCUT2D eigenvalue weighted by Crippen LogP contribution is -2.32. The first-order valence-electron chi connectivity index (χ1n) is 14.1. The maximum absolute atomic E-state index is 14.1. The molecule has 4 aromatic rings. The van der Waals surface area contributed by atoms with Gasteiger partial charge in [-0.2, -0.15) is 0 Å². The number of H-pyrrole nitrogens is 1. The number of hydrogen-bond donors (Lipinski definition) is 2. The number of esters is 1. The molecular weight excluding hydrogens is 654 g/mol. The number of carbonyl (C=O) groups is 4. The highest BCUT2D eigenvalue weighted by molar-refractivity contribution is 8.00. The first kappa shape index (κ1) is 31.4. The summed E-state index contributed by atoms with van der Waals surface area (Å²) in [6, 6.07) is 17.6. The van der Waals surface area contributed by atoms with Gasteiger partial charge in [0.2, 0.25) is 11.8 Å². The van der Waals surface area contributed by atoms with Gasteiger partial charge in [0.1, 0.15) is 16.7 Å². The number of carbonyl (C=O) groups excluding carboxylic acids is 4. The molecule has 46 heavy (non-hydrogen) atoms. The number of benzene rings is 3. The number of anilines is 2. The van der Waals surface area contributed by atoms with E-state index in [9.17, 15) is 24.0 Å². The van der Waals surface area contributed by atoms with E-state index in [1.807, 2.05) is 0 Å². The van der Waals surface area contributed by atoms with Gasteiger partial charge in [0.25, 0.3) is 5.91 Å². The largest absolute Gasteiger partial charge is 0.497 e. The maximum Gasteiger partial charge on any atom is 0.338 e. The van der Waals surface area contributed by atoms with Crippen molar-refractivity contribution in [2.45, 2.75) is 23.1 Å². The molecule has 3 aromatic carbocycles. The Morgan fingerprint density at radius 1 is 1.00 bits per heavy atom. The number of fused-ring (bicyclic) bond motifs is 2. The average molecular weight is 680 g/mol. The zero-order chi connectivity index (χ0) is 32.5. The molecule has 11 nitrogen and oxygen atoms in total. The Balaban J connectivity index is 1.28. The molecule has 236 valence electrons. The minimum Gasteiger partial charge on any atom is -0.497 e. The normalized spacial score (nSPS) is 18.5. The summed E-state index contributed by atoms with van der Waals surface area (Å²) in [6.07, 6.45) is 0. The van der Waals surface area contributed by atoms with Crippen LogP contribution in [0, 0.1) is 5.92 Å². The molecule has 0 aliphatic carbocycles. The molecule has 1 aromatic heterocycles. The van der Waals surface area contributed by atoms with Crippen molar-refractivity contribution >= 4 is 69.8 Å². The van der Waals surface area contributed by atoms with Crippen molar-refractivity contribution in [1.29, 1.82) is 0 Å². The highest BCUT2D eigenvalue weighted by atomic mass is 35.5. The number of ether oxygens (including phenoxy) is 3. The van der Waals surface area contributed by atoms with Crippen LogP contribution in [-0.2, 0) is 19.1 Å². The van der Waals surface area contributed by atoms with Gasteiger partial charge in [-0.25, -0.2) is 9.69 Å². The van der Waals surface area contributed by atoms with Crippen molar-refractivity contribution in [3.63, 3.8) is 0 Å². The lowest BCUT2D eigenvalue weighted by atomic mass is 9.82. The van der Waals surface area contributed by atoms with E-state index in [0.29, 0.717) is 43.2 Å². The lowest BCUT2D eigenvalue weighted by Gasteiger charge is -2.31. The number of thiazole rings is 1. The molecule has 1 saturated heterocycles. The molecule has 3 amide bonds. The van der Waals surface area contributed by atoms with Crippen molar-refractivity contribution in [3.05, 3.63) is 97.4 Å². The van der Waals surface area contributed by atoms with Gasteiger partial charge in [-0.1, -0.05) is 34.7 Å². The standard InChI is InChI=1S/C32H26ClN3O8S2/c1-3-43-31(40)16-4-7-18(8-5-16)34-23(37)15-44-22-13-6-17(33)14-21(22)24-25-27(45-28-26(24)46-32(41)35-28)30(39)36(29(25)38)19-9-11-20(42-2)12-10-19/h4-14,24-25,27H,3,15H2,1-2H3,(H,34,37)(H,35,41). The van der Waals surface area contributed by atoms with E-state index < -0.39 is 47.4 Å². The van der Waals surface area contributed by atoms with Crippen molar-refractivity contribution in [2.24, 2.45) is 5.92 Å². The van der Waals surface area contributed by atoms with Crippen molar-refractivity contribution in [3.8, 4) is 11.5 Å². The van der Waals surface area contributed by atoms with E-state index in [1.54, 1.807) is 61.5 Å². The maximum atomic E-state index is 14.1. The molecule has 2 aliphatic heterocycles. The van der Waals surface area contributed by atoms with Crippen LogP contribution in [-0.4, -0.2) is 54.2 Å². The van der Waals surface area contributed by atoms with Gasteiger partial charge in [-0.3, -0.25) is 19.2 Å². The molecule has 14 heteroatoms. The molecule has 0 bridgehead atoms. The fourth-order valence-electron chi connectivity index (χ4n) is 5.48. The summed E-state index contributed by atoms with van der Waals surface area (Å²) in [6.45, 7) is 1.56. The van der Waals surface area contributed by atoms with Crippen LogP contribution in [0.1, 0.15) is 33.6 Å². The summed E-state index contributed by atoms with van der Waals surface area (Å²) in [5.41, 5.74) is 1.66. The molecule has 2 aliphatic rings. The monoisotopic (exact) mass is 679 g/mol. The SMILES string of the molecule is CCOC(=O)c1ccc(NC(=O)COc2ccc(Cl)cc2C2c3sc(=O)[nH]c3SC3C(=O)N(c4ccc(OC)cc4)C(=O)C32)cc1. The summed E-state index contributed by atoms with van der Waals surface area (Å²) >= 11 is 8.54. The number of nitrogens with one attached hydrogen (secondary N) is 2. The number of thioether (sulfide) groups is 1. The van der Waals surface area contributed by atoms with Gasteiger partial charge < -0.3 is 24.5 Å². The Morgan fingerprint density at radius 3 is 2.43 bits per heavy atom. The van der Waals surface area contributed by atoms with Gasteiger partial charge in [0.15, 0.2) is 6.61 Å². The van der Waals surface area contributed by atoms with E-state index in [0.717, 1.165) is 28.0 Å². The smallest absolute Gasteiger partial charge is 0.338 e. The first-order chi connectivity index (χ1) is 22.2. The Kier molecular flexibility index (Phi) is 8.89. The molecule has 3 atom stereocenters. The van der Waals surface area contributed by atoms with Crippen molar-refractivity contribution in [2.75, 3.05) is 30.5 Å². The molecule has 0 spiro atoms. The number of rotatable bonds is 9. The molecule has 3 heterocycles. The fraction of sp³-hybridized carbons (Fsp3) is 0.219. The highest BCUT2D eigenvalue weighted by Gasteiger charge is 2.56. The van der Waals surface area contributed by atoms with Crippen LogP contribution in [0.2, 0.25) is 5.02 Å². The second kappa shape index (κ2) is 13.0. The number of hydrogen-bond acceptors (Lipinski definition) is 10. The third-order valence-corrected chi connectivity index (χ3v) is 10.1. The Hall–Kier alpha value is -4.59. The van der Waals surface area contributed by atoms with E-state index >= 15 is 0 Å². The summed E-state index contributed by atoms with van der Waals surface area (Å²) in [7, 11) is 1.52. The lowest BCUT2D eigenvalue weighted by molar-refractivity contribution is -0.122. The van der Waals surface area contributed by atoms with Crippen molar-refractivity contribution in [1.82, 2.24) is 4.98 Å². The van der Waals surface area contributed by atoms with Gasteiger partial charge in [-0.05, 0) is 73.7 Å². The minimum atomic E-state index is -0.883. The summed E-state index contributed by atoms with van der Waals surface area (Å²) < 4.78 is 16.2. The van der Waals surface area contributed by atoms with Crippen LogP contribution in [0.4, 0.5) is 11.4 Å². The molecule has 2 N–H and O–H groups in total. The van der Waals surface area contributed by atoms with Crippen molar-refractivity contribution < 1.29 is 33.4 Å². The summed E-state index contributed by atoms with van der Waals surface area (Å²) in [5.74, 6) is -2.60. The number of aromatic nitrogens is 1. The second-order valence-electron chi connectivity index (χ2n) is 10.3. The topological polar surface area (TPSA) is 144 Å². The minimum absolute atomic E-state index is 0.248. The Labute approximate surface area is 275 Å². The van der Waals surface area contributed by atoms with Gasteiger partial charge in [-0.15, -0.1) is 0 Å². The molecule has 1 fully saturated rings. The number of amides is 3. The number of methoxy groups -OCH3 is 1. The predicted molar refractivity (Wildman–Crippen MR) is 173 cm³/mol. The van der Waals surface area contributed by atoms with Crippen LogP contribution in [0.3, 0.4) is 0 Å². The quantitative estimate of drug-likeness (QED) is 0.183. The van der Waals surface area contributed by atoms with E-state index in [-0.39, 0.29) is 17.2 Å². The van der Waals surface area contributed by atoms with Gasteiger partial charge >= 0.3 is 10.8 Å². The Morgan fingerprint density at radius 2 is 1.74 bits per heavy atom. The third-order valence-electron chi connectivity index (χ3n) is 7.50. The third kappa shape index (κ3) is 6.00. The summed E-state index contributed by atoms with van der Waals surface area (Å²) in [5, 5.41) is 2.73. The summed E-state index contributed by atoms with van der Waals surface area (Å²) in [4.78, 5) is 69.4. The van der Waals surface area contributed by atoms with E-state index in [4.69, 9.17) is 25.8 Å². The van der Waals surface area contributed by atoms with Crippen LogP contribution < -0.4 is 24.6 Å². The second-order valence-corrected chi connectivity index (χ2v) is 12.9. The number of nitrogens with zero attached hydrogens (tertiary/aromatic N) is 1. The van der Waals surface area contributed by atoms with Crippen LogP contribution >= 0.6 is 34.7 Å². The molecule has 0 radical (unpaired) electrons. The first-order valence-corrected chi connectivity index (χ1v) is 16.2. The van der Waals surface area contributed by atoms with E-state index in [2.05, 4.69) is 10.3 Å². The fourth-order valence-corrected chi connectivity index (χ4v) is 8.16. The van der Waals surface area contributed by atoms with Crippen LogP contribution in [0.15, 0.2) is 76.6 Å². The van der Waals surface area contributed by atoms with Gasteiger partial charge in [0, 0.05) is 27.1 Å². The zero-order valence-electron chi connectivity index (χ0n) is 24.4. The Bertz CT molecular complexity index is 1890. The zero-order valence-corrected chi connectivity index (χ0v) is 26.8. The highest BCUT2D eigenvalue weighted by Crippen LogP contribution is 2.54. The number of imide groups is 1. The van der Waals surface area contributed by atoms with E-state index in [1.165, 1.54) is 19.2 Å². The molecule has 6 rings (SSSR count). The van der Waals surface area contributed by atoms with Crippen LogP contribution in [0.5, 0.6) is 11.5 Å². The molecule has 3 unspecified atom stereocenters. The molecule has 0 saturated carbocycles.